The molecule has 0 bridgehead atoms. The van der Waals surface area contributed by atoms with Crippen LogP contribution in [0.25, 0.3) is 0 Å². The number of carbonyl (C=O) groups is 1. The van der Waals surface area contributed by atoms with Gasteiger partial charge in [-0.2, -0.15) is 5.26 Å². The Morgan fingerprint density at radius 2 is 1.62 bits per heavy atom. The Hall–Kier alpha value is -2.88. The molecule has 0 atom stereocenters. The first-order chi connectivity index (χ1) is 16.3. The van der Waals surface area contributed by atoms with Crippen LogP contribution in [0.15, 0.2) is 54.6 Å². The number of nitrogens with zero attached hydrogens (tertiary/aromatic N) is 4. The highest BCUT2D eigenvalue weighted by molar-refractivity contribution is 5.96. The van der Waals surface area contributed by atoms with Gasteiger partial charge in [-0.05, 0) is 76.7 Å². The van der Waals surface area contributed by atoms with Gasteiger partial charge in [0.2, 0.25) is 0 Å². The molecule has 3 aliphatic rings. The number of benzene rings is 2. The van der Waals surface area contributed by atoms with Crippen molar-refractivity contribution in [1.29, 1.82) is 5.26 Å². The number of aliphatic hydroxyl groups is 1. The zero-order chi connectivity index (χ0) is 24.0. The van der Waals surface area contributed by atoms with E-state index in [9.17, 15) is 15.2 Å². The molecule has 178 valence electrons. The second kappa shape index (κ2) is 8.41. The normalized spacial score (nSPS) is 28.3. The van der Waals surface area contributed by atoms with Gasteiger partial charge in [-0.1, -0.05) is 42.5 Å². The summed E-state index contributed by atoms with van der Waals surface area (Å²) in [5.74, 6) is 0. The van der Waals surface area contributed by atoms with E-state index in [-0.39, 0.29) is 17.1 Å². The number of carbonyl (C=O) groups excluding carboxylic acids is 1. The molecule has 2 aliphatic carbocycles. The Morgan fingerprint density at radius 1 is 0.971 bits per heavy atom. The van der Waals surface area contributed by atoms with Gasteiger partial charge in [-0.15, -0.1) is 0 Å². The van der Waals surface area contributed by atoms with E-state index < -0.39 is 5.60 Å². The van der Waals surface area contributed by atoms with Crippen molar-refractivity contribution in [2.24, 2.45) is 0 Å². The summed E-state index contributed by atoms with van der Waals surface area (Å²) in [6.07, 6.45) is 6.06. The van der Waals surface area contributed by atoms with Crippen LogP contribution in [0, 0.1) is 11.3 Å². The van der Waals surface area contributed by atoms with E-state index in [0.29, 0.717) is 24.3 Å². The van der Waals surface area contributed by atoms with E-state index >= 15 is 0 Å². The monoisotopic (exact) mass is 458 g/mol. The Bertz CT molecular complexity index is 1090. The molecule has 1 heterocycles. The fourth-order valence-corrected chi connectivity index (χ4v) is 6.36. The van der Waals surface area contributed by atoms with Crippen LogP contribution in [0.3, 0.4) is 0 Å². The second-order valence-electron chi connectivity index (χ2n) is 10.7. The minimum absolute atomic E-state index is 0.0768. The molecule has 2 aromatic rings. The SMILES string of the molecule is CN(C)[C@]1(c2ccccc2)CC[C@@]2(CC1)CN(c1ccccc1C#N)C(=O)N2CC1(O)CCC1. The smallest absolute Gasteiger partial charge is 0.325 e. The van der Waals surface area contributed by atoms with Gasteiger partial charge in [-0.25, -0.2) is 4.79 Å². The molecule has 6 heteroatoms. The zero-order valence-corrected chi connectivity index (χ0v) is 20.2. The van der Waals surface area contributed by atoms with Gasteiger partial charge in [0, 0.05) is 5.54 Å². The van der Waals surface area contributed by atoms with Gasteiger partial charge in [0.25, 0.3) is 0 Å². The van der Waals surface area contributed by atoms with Crippen molar-refractivity contribution in [1.82, 2.24) is 9.80 Å². The van der Waals surface area contributed by atoms with Crippen LogP contribution < -0.4 is 4.90 Å². The second-order valence-corrected chi connectivity index (χ2v) is 10.7. The van der Waals surface area contributed by atoms with Crippen molar-refractivity contribution < 1.29 is 9.90 Å². The number of urea groups is 1. The van der Waals surface area contributed by atoms with E-state index in [4.69, 9.17) is 0 Å². The Kier molecular flexibility index (Phi) is 5.66. The topological polar surface area (TPSA) is 70.8 Å². The van der Waals surface area contributed by atoms with Crippen molar-refractivity contribution in [2.75, 3.05) is 32.1 Å². The molecule has 2 aromatic carbocycles. The van der Waals surface area contributed by atoms with E-state index in [1.165, 1.54) is 5.56 Å². The van der Waals surface area contributed by atoms with E-state index in [1.807, 2.05) is 23.1 Å². The summed E-state index contributed by atoms with van der Waals surface area (Å²) in [6, 6.07) is 20.2. The summed E-state index contributed by atoms with van der Waals surface area (Å²) < 4.78 is 0. The first kappa shape index (κ1) is 22.9. The van der Waals surface area contributed by atoms with E-state index in [2.05, 4.69) is 55.4 Å². The molecule has 1 N–H and O–H groups in total. The molecule has 34 heavy (non-hydrogen) atoms. The molecule has 1 aliphatic heterocycles. The van der Waals surface area contributed by atoms with Crippen molar-refractivity contribution in [2.45, 2.75) is 61.6 Å². The minimum Gasteiger partial charge on any atom is -0.388 e. The van der Waals surface area contributed by atoms with Crippen LogP contribution >= 0.6 is 0 Å². The van der Waals surface area contributed by atoms with E-state index in [0.717, 1.165) is 44.9 Å². The number of para-hydroxylation sites is 1. The average molecular weight is 459 g/mol. The lowest BCUT2D eigenvalue weighted by Crippen LogP contribution is -2.59. The molecule has 3 fully saturated rings. The molecular weight excluding hydrogens is 424 g/mol. The summed E-state index contributed by atoms with van der Waals surface area (Å²) in [5.41, 5.74) is 1.28. The number of amides is 2. The number of hydrogen-bond acceptors (Lipinski definition) is 4. The van der Waals surface area contributed by atoms with Crippen LogP contribution in [0.4, 0.5) is 10.5 Å². The largest absolute Gasteiger partial charge is 0.388 e. The summed E-state index contributed by atoms with van der Waals surface area (Å²) in [6.45, 7) is 0.927. The Morgan fingerprint density at radius 3 is 2.21 bits per heavy atom. The third-order valence-corrected chi connectivity index (χ3v) is 8.71. The number of anilines is 1. The maximum atomic E-state index is 13.9. The summed E-state index contributed by atoms with van der Waals surface area (Å²) in [5, 5.41) is 20.7. The minimum atomic E-state index is -0.789. The fourth-order valence-electron chi connectivity index (χ4n) is 6.36. The third-order valence-electron chi connectivity index (χ3n) is 8.71. The van der Waals surface area contributed by atoms with Crippen molar-refractivity contribution in [3.63, 3.8) is 0 Å². The van der Waals surface area contributed by atoms with Crippen molar-refractivity contribution in [3.05, 3.63) is 65.7 Å². The van der Waals surface area contributed by atoms with Crippen molar-refractivity contribution in [3.8, 4) is 6.07 Å². The molecule has 6 nitrogen and oxygen atoms in total. The lowest BCUT2D eigenvalue weighted by molar-refractivity contribution is -0.0725. The number of rotatable bonds is 5. The van der Waals surface area contributed by atoms with Gasteiger partial charge in [0.05, 0.1) is 35.5 Å². The predicted molar refractivity (Wildman–Crippen MR) is 132 cm³/mol. The first-order valence-corrected chi connectivity index (χ1v) is 12.4. The molecule has 0 unspecified atom stereocenters. The highest BCUT2D eigenvalue weighted by Gasteiger charge is 2.56. The van der Waals surface area contributed by atoms with Crippen LogP contribution in [0.5, 0.6) is 0 Å². The van der Waals surface area contributed by atoms with Crippen molar-refractivity contribution >= 4 is 11.7 Å². The lowest BCUT2D eigenvalue weighted by atomic mass is 9.67. The fraction of sp³-hybridized carbons (Fsp3) is 0.500. The van der Waals surface area contributed by atoms with Crippen LogP contribution in [0.1, 0.15) is 56.1 Å². The number of β-amino-alcohol motifs (C(OH)–C–C–N with tert-alkyl or cyclic N) is 1. The van der Waals surface area contributed by atoms with Crippen LogP contribution in [-0.4, -0.2) is 59.3 Å². The molecule has 0 aromatic heterocycles. The standard InChI is InChI=1S/C28H34N4O2/c1-30(2)28(23-10-4-3-5-11-23)17-15-26(16-18-28)20-31(24-12-7-6-9-22(24)19-29)25(33)32(26)21-27(34)13-8-14-27/h3-7,9-12,34H,8,13-18,20-21H2,1-2H3/t26-,28-. The molecule has 1 saturated heterocycles. The third kappa shape index (κ3) is 3.59. The number of hydrogen-bond donors (Lipinski definition) is 1. The van der Waals surface area contributed by atoms with Gasteiger partial charge < -0.3 is 10.0 Å². The van der Waals surface area contributed by atoms with E-state index in [1.54, 1.807) is 11.0 Å². The average Bonchev–Trinajstić information content (AvgIpc) is 3.10. The highest BCUT2D eigenvalue weighted by atomic mass is 16.3. The Labute approximate surface area is 202 Å². The molecule has 2 amide bonds. The predicted octanol–water partition coefficient (Wildman–Crippen LogP) is 4.49. The lowest BCUT2D eigenvalue weighted by Gasteiger charge is -2.52. The maximum absolute atomic E-state index is 13.9. The summed E-state index contributed by atoms with van der Waals surface area (Å²) in [4.78, 5) is 19.9. The van der Waals surface area contributed by atoms with Crippen LogP contribution in [-0.2, 0) is 5.54 Å². The molecule has 5 rings (SSSR count). The highest BCUT2D eigenvalue weighted by Crippen LogP contribution is 2.50. The molecular formula is C28H34N4O2. The molecule has 1 spiro atoms. The number of nitriles is 1. The van der Waals surface area contributed by atoms with Gasteiger partial charge in [-0.3, -0.25) is 9.80 Å². The van der Waals surface area contributed by atoms with Gasteiger partial charge in [0.1, 0.15) is 6.07 Å². The van der Waals surface area contributed by atoms with Crippen LogP contribution in [0.2, 0.25) is 0 Å². The summed E-state index contributed by atoms with van der Waals surface area (Å²) >= 11 is 0. The maximum Gasteiger partial charge on any atom is 0.325 e. The van der Waals surface area contributed by atoms with Gasteiger partial charge in [0.15, 0.2) is 0 Å². The molecule has 2 saturated carbocycles. The quantitative estimate of drug-likeness (QED) is 0.717. The zero-order valence-electron chi connectivity index (χ0n) is 20.2. The molecule has 0 radical (unpaired) electrons. The summed E-state index contributed by atoms with van der Waals surface area (Å²) in [7, 11) is 4.30. The first-order valence-electron chi connectivity index (χ1n) is 12.4. The van der Waals surface area contributed by atoms with Gasteiger partial charge >= 0.3 is 6.03 Å². The Balaban J connectivity index is 1.49.